The van der Waals surface area contributed by atoms with Crippen LogP contribution in [0, 0.1) is 11.2 Å². The Bertz CT molecular complexity index is 925. The van der Waals surface area contributed by atoms with Crippen molar-refractivity contribution in [3.63, 3.8) is 0 Å². The van der Waals surface area contributed by atoms with Crippen LogP contribution in [0.3, 0.4) is 0 Å². The van der Waals surface area contributed by atoms with E-state index in [1.165, 1.54) is 19.2 Å². The Hall–Kier alpha value is -2.71. The summed E-state index contributed by atoms with van der Waals surface area (Å²) >= 11 is 0. The Morgan fingerprint density at radius 1 is 1.11 bits per heavy atom. The minimum absolute atomic E-state index is 0.0810. The van der Waals surface area contributed by atoms with Crippen molar-refractivity contribution >= 4 is 21.4 Å². The molecular weight excluding hydrogens is 367 g/mol. The van der Waals surface area contributed by atoms with Crippen molar-refractivity contribution in [2.45, 2.75) is 0 Å². The molecule has 2 aromatic carbocycles. The van der Waals surface area contributed by atoms with Crippen LogP contribution < -0.4 is 15.4 Å². The number of hydrogen-bond donors (Lipinski definition) is 4. The van der Waals surface area contributed by atoms with Crippen LogP contribution >= 0.6 is 0 Å². The van der Waals surface area contributed by atoms with Gasteiger partial charge in [0, 0.05) is 24.8 Å². The quantitative estimate of drug-likeness (QED) is 0.495. The van der Waals surface area contributed by atoms with E-state index in [1.807, 2.05) is 12.1 Å². The van der Waals surface area contributed by atoms with Crippen molar-refractivity contribution in [3.05, 3.63) is 66.1 Å². The molecule has 4 N–H and O–H groups in total. The second kappa shape index (κ2) is 9.29. The van der Waals surface area contributed by atoms with Gasteiger partial charge in [-0.05, 0) is 54.7 Å². The molecule has 2 aromatic rings. The summed E-state index contributed by atoms with van der Waals surface area (Å²) in [6, 6.07) is 11.6. The number of nitrogens with one attached hydrogen (secondary N) is 4. The summed E-state index contributed by atoms with van der Waals surface area (Å²) in [5, 5.41) is 14.2. The SMILES string of the molecule is CN/C=C\C(=N)c1cc(-c2ccc(F)cc2)ccc1NCCS(=O)(=O)NC. The molecule has 0 spiro atoms. The fourth-order valence-corrected chi connectivity index (χ4v) is 3.00. The van der Waals surface area contributed by atoms with Gasteiger partial charge < -0.3 is 16.0 Å². The maximum atomic E-state index is 13.2. The van der Waals surface area contributed by atoms with E-state index < -0.39 is 10.0 Å². The van der Waals surface area contributed by atoms with Gasteiger partial charge in [0.05, 0.1) is 11.5 Å². The van der Waals surface area contributed by atoms with Crippen LogP contribution in [-0.2, 0) is 10.0 Å². The van der Waals surface area contributed by atoms with Crippen molar-refractivity contribution in [3.8, 4) is 11.1 Å². The highest BCUT2D eigenvalue weighted by Crippen LogP contribution is 2.26. The normalized spacial score (nSPS) is 11.5. The number of hydrogen-bond acceptors (Lipinski definition) is 5. The zero-order chi connectivity index (χ0) is 19.9. The van der Waals surface area contributed by atoms with Crippen LogP contribution in [0.1, 0.15) is 5.56 Å². The molecule has 0 radical (unpaired) electrons. The van der Waals surface area contributed by atoms with E-state index in [9.17, 15) is 12.8 Å². The molecule has 0 amide bonds. The second-order valence-corrected chi connectivity index (χ2v) is 7.80. The molecule has 27 heavy (non-hydrogen) atoms. The minimum atomic E-state index is -3.32. The third-order valence-corrected chi connectivity index (χ3v) is 5.26. The third kappa shape index (κ3) is 5.90. The zero-order valence-corrected chi connectivity index (χ0v) is 16.0. The smallest absolute Gasteiger partial charge is 0.213 e. The van der Waals surface area contributed by atoms with Gasteiger partial charge in [0.1, 0.15) is 5.82 Å². The van der Waals surface area contributed by atoms with Crippen molar-refractivity contribution < 1.29 is 12.8 Å². The van der Waals surface area contributed by atoms with Gasteiger partial charge in [-0.15, -0.1) is 0 Å². The number of benzene rings is 2. The lowest BCUT2D eigenvalue weighted by Gasteiger charge is -2.14. The number of rotatable bonds is 9. The Kier molecular flexibility index (Phi) is 7.09. The largest absolute Gasteiger partial charge is 0.394 e. The van der Waals surface area contributed by atoms with Gasteiger partial charge in [0.2, 0.25) is 10.0 Å². The number of sulfonamides is 1. The summed E-state index contributed by atoms with van der Waals surface area (Å²) in [6.45, 7) is 0.203. The van der Waals surface area contributed by atoms with Crippen LogP contribution in [0.25, 0.3) is 11.1 Å². The maximum Gasteiger partial charge on any atom is 0.213 e. The molecular formula is C19H23FN4O2S. The molecule has 8 heteroatoms. The molecule has 0 heterocycles. The van der Waals surface area contributed by atoms with Crippen molar-refractivity contribution in [2.75, 3.05) is 31.7 Å². The maximum absolute atomic E-state index is 13.2. The Balaban J connectivity index is 2.33. The fourth-order valence-electron chi connectivity index (χ4n) is 2.42. The number of allylic oxidation sites excluding steroid dienone is 1. The average Bonchev–Trinajstić information content (AvgIpc) is 2.67. The highest BCUT2D eigenvalue weighted by atomic mass is 32.2. The first-order valence-electron chi connectivity index (χ1n) is 8.34. The van der Waals surface area contributed by atoms with Gasteiger partial charge in [0.15, 0.2) is 0 Å². The van der Waals surface area contributed by atoms with E-state index in [4.69, 9.17) is 5.41 Å². The van der Waals surface area contributed by atoms with Gasteiger partial charge in [-0.2, -0.15) is 0 Å². The molecule has 0 bridgehead atoms. The predicted octanol–water partition coefficient (Wildman–Crippen LogP) is 2.55. The Morgan fingerprint density at radius 3 is 2.41 bits per heavy atom. The highest BCUT2D eigenvalue weighted by molar-refractivity contribution is 7.89. The van der Waals surface area contributed by atoms with Crippen LogP contribution in [0.15, 0.2) is 54.7 Å². The molecule has 0 saturated heterocycles. The van der Waals surface area contributed by atoms with E-state index in [-0.39, 0.29) is 23.8 Å². The lowest BCUT2D eigenvalue weighted by molar-refractivity contribution is 0.588. The fraction of sp³-hybridized carbons (Fsp3) is 0.211. The van der Waals surface area contributed by atoms with Crippen LogP contribution in [0.5, 0.6) is 0 Å². The number of anilines is 1. The van der Waals surface area contributed by atoms with E-state index >= 15 is 0 Å². The van der Waals surface area contributed by atoms with E-state index in [0.717, 1.165) is 11.1 Å². The molecule has 0 aliphatic rings. The van der Waals surface area contributed by atoms with Crippen molar-refractivity contribution in [1.82, 2.24) is 10.0 Å². The zero-order valence-electron chi connectivity index (χ0n) is 15.2. The van der Waals surface area contributed by atoms with Gasteiger partial charge in [-0.3, -0.25) is 0 Å². The molecule has 0 saturated carbocycles. The monoisotopic (exact) mass is 390 g/mol. The number of halogens is 1. The first kappa shape index (κ1) is 20.6. The van der Waals surface area contributed by atoms with E-state index in [2.05, 4.69) is 15.4 Å². The molecule has 0 aliphatic heterocycles. The minimum Gasteiger partial charge on any atom is -0.394 e. The third-order valence-electron chi connectivity index (χ3n) is 3.90. The van der Waals surface area contributed by atoms with Crippen LogP contribution in [0.2, 0.25) is 0 Å². The van der Waals surface area contributed by atoms with Gasteiger partial charge in [0.25, 0.3) is 0 Å². The molecule has 0 aromatic heterocycles. The summed E-state index contributed by atoms with van der Waals surface area (Å²) in [5.41, 5.74) is 3.18. The van der Waals surface area contributed by atoms with Crippen LogP contribution in [0.4, 0.5) is 10.1 Å². The topological polar surface area (TPSA) is 94.1 Å². The van der Waals surface area contributed by atoms with Crippen LogP contribution in [-0.4, -0.2) is 40.5 Å². The first-order valence-corrected chi connectivity index (χ1v) is 9.99. The lowest BCUT2D eigenvalue weighted by atomic mass is 9.99. The van der Waals surface area contributed by atoms with E-state index in [1.54, 1.807) is 37.5 Å². The Labute approximate surface area is 159 Å². The summed E-state index contributed by atoms with van der Waals surface area (Å²) in [4.78, 5) is 0. The molecule has 0 aliphatic carbocycles. The molecule has 6 nitrogen and oxygen atoms in total. The molecule has 0 fully saturated rings. The Morgan fingerprint density at radius 2 is 1.78 bits per heavy atom. The van der Waals surface area contributed by atoms with Gasteiger partial charge in [-0.25, -0.2) is 17.5 Å². The molecule has 0 unspecified atom stereocenters. The summed E-state index contributed by atoms with van der Waals surface area (Å²) < 4.78 is 38.6. The molecule has 0 atom stereocenters. The first-order chi connectivity index (χ1) is 12.9. The van der Waals surface area contributed by atoms with Gasteiger partial charge in [-0.1, -0.05) is 18.2 Å². The summed E-state index contributed by atoms with van der Waals surface area (Å²) in [5.74, 6) is -0.393. The standard InChI is InChI=1S/C19H23FN4O2S/c1-22-10-9-18(21)17-13-15(14-3-6-16(20)7-4-14)5-8-19(17)24-11-12-27(25,26)23-2/h3-10,13,21-24H,11-12H2,1-2H3/b10-9-,21-18?. The predicted molar refractivity (Wildman–Crippen MR) is 108 cm³/mol. The average molecular weight is 390 g/mol. The highest BCUT2D eigenvalue weighted by Gasteiger charge is 2.11. The van der Waals surface area contributed by atoms with Crippen molar-refractivity contribution in [1.29, 1.82) is 5.41 Å². The van der Waals surface area contributed by atoms with Gasteiger partial charge >= 0.3 is 0 Å². The summed E-state index contributed by atoms with van der Waals surface area (Å²) in [7, 11) is -0.210. The van der Waals surface area contributed by atoms with Crippen molar-refractivity contribution in [2.24, 2.45) is 0 Å². The lowest BCUT2D eigenvalue weighted by Crippen LogP contribution is -2.26. The second-order valence-electron chi connectivity index (χ2n) is 5.75. The molecule has 144 valence electrons. The molecule has 2 rings (SSSR count). The van der Waals surface area contributed by atoms with E-state index in [0.29, 0.717) is 11.3 Å². The summed E-state index contributed by atoms with van der Waals surface area (Å²) in [6.07, 6.45) is 3.25.